The number of thiazole rings is 1. The summed E-state index contributed by atoms with van der Waals surface area (Å²) in [5.41, 5.74) is 1.77. The predicted molar refractivity (Wildman–Crippen MR) is 62.7 cm³/mol. The molecule has 4 nitrogen and oxygen atoms in total. The summed E-state index contributed by atoms with van der Waals surface area (Å²) >= 11 is 4.90. The molecule has 0 amide bonds. The topological polar surface area (TPSA) is 54.5 Å². The number of H-pyrrole nitrogens is 1. The van der Waals surface area contributed by atoms with Crippen molar-refractivity contribution < 1.29 is 0 Å². The Labute approximate surface area is 97.5 Å². The van der Waals surface area contributed by atoms with E-state index in [1.807, 2.05) is 18.5 Å². The van der Waals surface area contributed by atoms with Crippen LogP contribution in [0.5, 0.6) is 0 Å². The van der Waals surface area contributed by atoms with Gasteiger partial charge < -0.3 is 4.98 Å². The van der Waals surface area contributed by atoms with E-state index < -0.39 is 0 Å². The third kappa shape index (κ3) is 1.46. The van der Waals surface area contributed by atoms with Gasteiger partial charge in [-0.3, -0.25) is 0 Å². The van der Waals surface area contributed by atoms with Crippen LogP contribution in [-0.4, -0.2) is 19.9 Å². The number of nitrogens with one attached hydrogen (secondary N) is 1. The molecule has 0 bridgehead atoms. The molecule has 3 heterocycles. The van der Waals surface area contributed by atoms with Crippen molar-refractivity contribution in [2.24, 2.45) is 0 Å². The number of halogens is 1. The van der Waals surface area contributed by atoms with Crippen LogP contribution in [0.3, 0.4) is 0 Å². The normalized spacial score (nSPS) is 11.0. The van der Waals surface area contributed by atoms with Crippen LogP contribution in [0.1, 0.15) is 0 Å². The fourth-order valence-corrected chi connectivity index (χ4v) is 2.71. The molecule has 3 rings (SSSR count). The average molecular weight is 281 g/mol. The summed E-state index contributed by atoms with van der Waals surface area (Å²) in [6.45, 7) is 0. The van der Waals surface area contributed by atoms with E-state index in [-0.39, 0.29) is 0 Å². The van der Waals surface area contributed by atoms with Crippen molar-refractivity contribution in [3.63, 3.8) is 0 Å². The molecule has 3 aromatic heterocycles. The first kappa shape index (κ1) is 8.99. The summed E-state index contributed by atoms with van der Waals surface area (Å²) in [4.78, 5) is 16.7. The maximum absolute atomic E-state index is 4.28. The van der Waals surface area contributed by atoms with Gasteiger partial charge in [0.2, 0.25) is 0 Å². The summed E-state index contributed by atoms with van der Waals surface area (Å²) in [5.74, 6) is 0. The molecule has 0 atom stereocenters. The minimum atomic E-state index is 0.851. The van der Waals surface area contributed by atoms with Crippen molar-refractivity contribution in [2.45, 2.75) is 0 Å². The molecule has 0 radical (unpaired) electrons. The molecule has 0 aliphatic rings. The number of hydrogen-bond acceptors (Lipinski definition) is 4. The van der Waals surface area contributed by atoms with Crippen LogP contribution in [0.4, 0.5) is 0 Å². The van der Waals surface area contributed by atoms with Crippen LogP contribution in [0.2, 0.25) is 0 Å². The minimum absolute atomic E-state index is 0.851. The monoisotopic (exact) mass is 280 g/mol. The fourth-order valence-electron chi connectivity index (χ4n) is 1.43. The number of fused-ring (bicyclic) bond motifs is 1. The molecule has 74 valence electrons. The second-order valence-electron chi connectivity index (χ2n) is 2.94. The molecule has 1 N–H and O–H groups in total. The van der Waals surface area contributed by atoms with Gasteiger partial charge in [0.1, 0.15) is 12.0 Å². The van der Waals surface area contributed by atoms with Crippen molar-refractivity contribution in [3.05, 3.63) is 28.7 Å². The summed E-state index contributed by atoms with van der Waals surface area (Å²) < 4.78 is 0.861. The van der Waals surface area contributed by atoms with Crippen LogP contribution >= 0.6 is 27.3 Å². The van der Waals surface area contributed by atoms with Gasteiger partial charge in [-0.2, -0.15) is 0 Å². The molecule has 0 saturated carbocycles. The predicted octanol–water partition coefficient (Wildman–Crippen LogP) is 2.84. The van der Waals surface area contributed by atoms with Gasteiger partial charge in [0.15, 0.2) is 3.92 Å². The van der Waals surface area contributed by atoms with Gasteiger partial charge in [-0.05, 0) is 22.0 Å². The highest BCUT2D eigenvalue weighted by Crippen LogP contribution is 2.31. The molecular weight excluding hydrogens is 276 g/mol. The number of rotatable bonds is 1. The SMILES string of the molecule is Brc1ncc(-c2ncnc3[nH]ccc23)s1. The zero-order chi connectivity index (χ0) is 10.3. The number of hydrogen-bond donors (Lipinski definition) is 1. The number of nitrogens with zero attached hydrogens (tertiary/aromatic N) is 3. The number of aromatic nitrogens is 4. The van der Waals surface area contributed by atoms with Crippen LogP contribution < -0.4 is 0 Å². The summed E-state index contributed by atoms with van der Waals surface area (Å²) in [5, 5.41) is 1.02. The van der Waals surface area contributed by atoms with Crippen LogP contribution in [0, 0.1) is 0 Å². The minimum Gasteiger partial charge on any atom is -0.346 e. The Morgan fingerprint density at radius 2 is 2.20 bits per heavy atom. The molecule has 6 heteroatoms. The lowest BCUT2D eigenvalue weighted by Crippen LogP contribution is -1.84. The Hall–Kier alpha value is -1.27. The maximum atomic E-state index is 4.28. The van der Waals surface area contributed by atoms with Gasteiger partial charge >= 0.3 is 0 Å². The van der Waals surface area contributed by atoms with E-state index in [0.717, 1.165) is 25.5 Å². The van der Waals surface area contributed by atoms with Crippen molar-refractivity contribution in [2.75, 3.05) is 0 Å². The molecule has 0 fully saturated rings. The van der Waals surface area contributed by atoms with Crippen molar-refractivity contribution >= 4 is 38.3 Å². The Morgan fingerprint density at radius 1 is 1.27 bits per heavy atom. The molecular formula is C9H5BrN4S. The highest BCUT2D eigenvalue weighted by Gasteiger charge is 2.09. The molecule has 15 heavy (non-hydrogen) atoms. The Balaban J connectivity index is 2.30. The maximum Gasteiger partial charge on any atom is 0.159 e. The third-order valence-electron chi connectivity index (χ3n) is 2.06. The van der Waals surface area contributed by atoms with Crippen LogP contribution in [-0.2, 0) is 0 Å². The van der Waals surface area contributed by atoms with E-state index >= 15 is 0 Å². The quantitative estimate of drug-likeness (QED) is 0.746. The van der Waals surface area contributed by atoms with E-state index in [9.17, 15) is 0 Å². The lowest BCUT2D eigenvalue weighted by molar-refractivity contribution is 1.20. The van der Waals surface area contributed by atoms with Crippen LogP contribution in [0.15, 0.2) is 28.7 Å². The molecule has 0 aliphatic heterocycles. The first-order chi connectivity index (χ1) is 7.34. The van der Waals surface area contributed by atoms with Crippen molar-refractivity contribution in [1.82, 2.24) is 19.9 Å². The second kappa shape index (κ2) is 3.39. The van der Waals surface area contributed by atoms with E-state index in [1.54, 1.807) is 17.7 Å². The van der Waals surface area contributed by atoms with Crippen molar-refractivity contribution in [3.8, 4) is 10.6 Å². The highest BCUT2D eigenvalue weighted by molar-refractivity contribution is 9.11. The average Bonchev–Trinajstić information content (AvgIpc) is 2.84. The third-order valence-corrected chi connectivity index (χ3v) is 3.55. The summed E-state index contributed by atoms with van der Waals surface area (Å²) in [6.07, 6.45) is 5.23. The zero-order valence-corrected chi connectivity index (χ0v) is 9.84. The van der Waals surface area contributed by atoms with E-state index in [4.69, 9.17) is 0 Å². The highest BCUT2D eigenvalue weighted by atomic mass is 79.9. The van der Waals surface area contributed by atoms with Gasteiger partial charge in [-0.25, -0.2) is 15.0 Å². The van der Waals surface area contributed by atoms with Gasteiger partial charge in [0.05, 0.1) is 10.6 Å². The van der Waals surface area contributed by atoms with Gasteiger partial charge in [0.25, 0.3) is 0 Å². The molecule has 0 aliphatic carbocycles. The van der Waals surface area contributed by atoms with Gasteiger partial charge in [-0.15, -0.1) is 11.3 Å². The molecule has 0 unspecified atom stereocenters. The van der Waals surface area contributed by atoms with E-state index in [1.165, 1.54) is 0 Å². The Morgan fingerprint density at radius 3 is 3.00 bits per heavy atom. The van der Waals surface area contributed by atoms with Crippen LogP contribution in [0.25, 0.3) is 21.6 Å². The smallest absolute Gasteiger partial charge is 0.159 e. The standard InChI is InChI=1S/C9H5BrN4S/c10-9-12-3-6(15-9)7-5-1-2-11-8(5)14-4-13-7/h1-4H,(H,11,13,14). The molecule has 0 aromatic carbocycles. The Kier molecular flexibility index (Phi) is 2.03. The zero-order valence-electron chi connectivity index (χ0n) is 7.44. The lowest BCUT2D eigenvalue weighted by Gasteiger charge is -1.96. The fraction of sp³-hybridized carbons (Fsp3) is 0. The van der Waals surface area contributed by atoms with E-state index in [2.05, 4.69) is 35.9 Å². The Bertz CT molecular complexity index is 615. The van der Waals surface area contributed by atoms with Gasteiger partial charge in [-0.1, -0.05) is 0 Å². The van der Waals surface area contributed by atoms with Crippen molar-refractivity contribution in [1.29, 1.82) is 0 Å². The lowest BCUT2D eigenvalue weighted by atomic mass is 10.2. The van der Waals surface area contributed by atoms with Gasteiger partial charge in [0, 0.05) is 17.8 Å². The second-order valence-corrected chi connectivity index (χ2v) is 5.25. The molecule has 0 spiro atoms. The molecule has 3 aromatic rings. The summed E-state index contributed by atoms with van der Waals surface area (Å²) in [6, 6.07) is 1.97. The van der Waals surface area contributed by atoms with E-state index in [0.29, 0.717) is 0 Å². The number of aromatic amines is 1. The molecule has 0 saturated heterocycles. The largest absolute Gasteiger partial charge is 0.346 e. The first-order valence-electron chi connectivity index (χ1n) is 4.24. The first-order valence-corrected chi connectivity index (χ1v) is 5.85. The summed E-state index contributed by atoms with van der Waals surface area (Å²) in [7, 11) is 0.